The van der Waals surface area contributed by atoms with Crippen molar-refractivity contribution in [3.05, 3.63) is 29.8 Å². The molecule has 0 aliphatic heterocycles. The second-order valence-corrected chi connectivity index (χ2v) is 3.95. The number of aromatic nitrogens is 4. The van der Waals surface area contributed by atoms with E-state index in [9.17, 15) is 8.78 Å². The molecule has 0 saturated carbocycles. The maximum Gasteiger partial charge on any atom is 0.288 e. The molecule has 0 amide bonds. The molecule has 0 bridgehead atoms. The molecule has 6 nitrogen and oxygen atoms in total. The molecule has 6 N–H and O–H groups in total. The standard InChI is InChI=1S/C11H8F2N6/c12-5-3-1-2-4(6(5)13)11-16-7-8(17-11)10(15)19-18-9(7)14/h1-3H,(H2,14,18)(H2,15,19)(H,16,17)/p+1. The van der Waals surface area contributed by atoms with Crippen molar-refractivity contribution in [2.24, 2.45) is 0 Å². The predicted octanol–water partition coefficient (Wildman–Crippen LogP) is 0.882. The molecule has 0 atom stereocenters. The van der Waals surface area contributed by atoms with Gasteiger partial charge in [-0.15, -0.1) is 10.2 Å². The monoisotopic (exact) mass is 263 g/mol. The largest absolute Gasteiger partial charge is 0.379 e. The van der Waals surface area contributed by atoms with E-state index in [4.69, 9.17) is 11.5 Å². The lowest BCUT2D eigenvalue weighted by Gasteiger charge is -1.95. The third-order valence-corrected chi connectivity index (χ3v) is 2.75. The summed E-state index contributed by atoms with van der Waals surface area (Å²) in [6.07, 6.45) is 0. The van der Waals surface area contributed by atoms with E-state index in [1.807, 2.05) is 0 Å². The van der Waals surface area contributed by atoms with Crippen LogP contribution in [0.4, 0.5) is 20.4 Å². The SMILES string of the molecule is Nc1nnc(N)c2[nH+]c(-c3cccc(F)c3F)[nH]c12. The molecule has 3 aromatic rings. The number of hydrogen-bond acceptors (Lipinski definition) is 4. The topological polar surface area (TPSA) is 108 Å². The number of imidazole rings is 1. The van der Waals surface area contributed by atoms with Crippen molar-refractivity contribution >= 4 is 22.7 Å². The van der Waals surface area contributed by atoms with Crippen LogP contribution in [0.1, 0.15) is 0 Å². The number of nitrogens with two attached hydrogens (primary N) is 2. The van der Waals surface area contributed by atoms with Gasteiger partial charge in [0.25, 0.3) is 5.82 Å². The maximum atomic E-state index is 13.7. The first-order valence-corrected chi connectivity index (χ1v) is 5.35. The third kappa shape index (κ3) is 1.65. The summed E-state index contributed by atoms with van der Waals surface area (Å²) in [5, 5.41) is 7.28. The first kappa shape index (κ1) is 11.3. The molecule has 0 spiro atoms. The molecule has 8 heteroatoms. The minimum atomic E-state index is -0.969. The highest BCUT2D eigenvalue weighted by Crippen LogP contribution is 2.24. The van der Waals surface area contributed by atoms with E-state index < -0.39 is 11.6 Å². The molecule has 1 aromatic carbocycles. The van der Waals surface area contributed by atoms with Crippen LogP contribution in [-0.4, -0.2) is 15.2 Å². The molecule has 0 aliphatic rings. The van der Waals surface area contributed by atoms with Crippen LogP contribution in [0.25, 0.3) is 22.4 Å². The van der Waals surface area contributed by atoms with Gasteiger partial charge in [-0.2, -0.15) is 0 Å². The summed E-state index contributed by atoms with van der Waals surface area (Å²) in [5.41, 5.74) is 12.1. The van der Waals surface area contributed by atoms with E-state index in [0.717, 1.165) is 6.07 Å². The summed E-state index contributed by atoms with van der Waals surface area (Å²) in [6.45, 7) is 0. The average molecular weight is 263 g/mol. The number of nitrogens with one attached hydrogen (secondary N) is 2. The van der Waals surface area contributed by atoms with Crippen LogP contribution in [0.2, 0.25) is 0 Å². The number of aromatic amines is 2. The van der Waals surface area contributed by atoms with Crippen LogP contribution < -0.4 is 16.5 Å². The smallest absolute Gasteiger partial charge is 0.288 e. The fraction of sp³-hybridized carbons (Fsp3) is 0. The number of hydrogen-bond donors (Lipinski definition) is 3. The summed E-state index contributed by atoms with van der Waals surface area (Å²) < 4.78 is 26.9. The van der Waals surface area contributed by atoms with E-state index in [2.05, 4.69) is 20.2 Å². The molecule has 0 fully saturated rings. The Bertz CT molecular complexity index is 743. The highest BCUT2D eigenvalue weighted by molar-refractivity contribution is 5.89. The number of halogens is 2. The van der Waals surface area contributed by atoms with E-state index in [1.165, 1.54) is 12.1 Å². The van der Waals surface area contributed by atoms with Gasteiger partial charge in [-0.05, 0) is 12.1 Å². The lowest BCUT2D eigenvalue weighted by Crippen LogP contribution is -2.08. The predicted molar refractivity (Wildman–Crippen MR) is 64.6 cm³/mol. The zero-order valence-corrected chi connectivity index (χ0v) is 9.54. The molecular formula is C11H9F2N6+. The molecular weight excluding hydrogens is 254 g/mol. The third-order valence-electron chi connectivity index (χ3n) is 2.75. The highest BCUT2D eigenvalue weighted by atomic mass is 19.2. The van der Waals surface area contributed by atoms with Gasteiger partial charge in [-0.1, -0.05) is 6.07 Å². The molecule has 0 saturated heterocycles. The van der Waals surface area contributed by atoms with Crippen LogP contribution in [0, 0.1) is 11.6 Å². The van der Waals surface area contributed by atoms with Gasteiger partial charge in [0.2, 0.25) is 11.0 Å². The van der Waals surface area contributed by atoms with Gasteiger partial charge >= 0.3 is 0 Å². The Morgan fingerprint density at radius 3 is 2.58 bits per heavy atom. The van der Waals surface area contributed by atoms with Gasteiger partial charge in [0.1, 0.15) is 5.56 Å². The summed E-state index contributed by atoms with van der Waals surface area (Å²) in [4.78, 5) is 5.64. The number of benzene rings is 1. The number of H-pyrrole nitrogens is 2. The molecule has 0 radical (unpaired) electrons. The molecule has 3 rings (SSSR count). The van der Waals surface area contributed by atoms with Crippen molar-refractivity contribution < 1.29 is 13.8 Å². The zero-order chi connectivity index (χ0) is 13.6. The van der Waals surface area contributed by atoms with E-state index in [-0.39, 0.29) is 23.0 Å². The molecule has 0 aliphatic carbocycles. The van der Waals surface area contributed by atoms with E-state index >= 15 is 0 Å². The minimum Gasteiger partial charge on any atom is -0.379 e. The van der Waals surface area contributed by atoms with Gasteiger partial charge in [0, 0.05) is 0 Å². The first-order valence-electron chi connectivity index (χ1n) is 5.35. The summed E-state index contributed by atoms with van der Waals surface area (Å²) in [6, 6.07) is 3.86. The fourth-order valence-electron chi connectivity index (χ4n) is 1.83. The minimum absolute atomic E-state index is 0.0370. The van der Waals surface area contributed by atoms with Crippen molar-refractivity contribution in [2.45, 2.75) is 0 Å². The van der Waals surface area contributed by atoms with Gasteiger partial charge in [0.15, 0.2) is 23.3 Å². The number of nitrogen functional groups attached to an aromatic ring is 2. The van der Waals surface area contributed by atoms with Crippen LogP contribution in [0.3, 0.4) is 0 Å². The van der Waals surface area contributed by atoms with Crippen molar-refractivity contribution in [2.75, 3.05) is 11.5 Å². The summed E-state index contributed by atoms with van der Waals surface area (Å²) >= 11 is 0. The van der Waals surface area contributed by atoms with Gasteiger partial charge < -0.3 is 11.5 Å². The second kappa shape index (κ2) is 3.87. The van der Waals surface area contributed by atoms with E-state index in [1.54, 1.807) is 0 Å². The Labute approximate surface area is 105 Å². The zero-order valence-electron chi connectivity index (χ0n) is 9.54. The summed E-state index contributed by atoms with van der Waals surface area (Å²) in [7, 11) is 0. The Morgan fingerprint density at radius 1 is 1.11 bits per heavy atom. The first-order chi connectivity index (χ1) is 9.08. The van der Waals surface area contributed by atoms with Crippen molar-refractivity contribution in [3.63, 3.8) is 0 Å². The molecule has 0 unspecified atom stereocenters. The number of nitrogens with zero attached hydrogens (tertiary/aromatic N) is 2. The Hall–Kier alpha value is -2.77. The molecule has 96 valence electrons. The maximum absolute atomic E-state index is 13.7. The quantitative estimate of drug-likeness (QED) is 0.605. The van der Waals surface area contributed by atoms with Crippen LogP contribution in [-0.2, 0) is 0 Å². The van der Waals surface area contributed by atoms with Crippen LogP contribution in [0.15, 0.2) is 18.2 Å². The lowest BCUT2D eigenvalue weighted by molar-refractivity contribution is -0.330. The Balaban J connectivity index is 2.30. The van der Waals surface area contributed by atoms with E-state index in [0.29, 0.717) is 11.0 Å². The van der Waals surface area contributed by atoms with Crippen molar-refractivity contribution in [1.29, 1.82) is 0 Å². The molecule has 2 heterocycles. The lowest BCUT2D eigenvalue weighted by atomic mass is 10.2. The Morgan fingerprint density at radius 2 is 1.84 bits per heavy atom. The normalized spacial score (nSPS) is 11.1. The molecule has 19 heavy (non-hydrogen) atoms. The number of rotatable bonds is 1. The van der Waals surface area contributed by atoms with Crippen molar-refractivity contribution in [1.82, 2.24) is 15.2 Å². The van der Waals surface area contributed by atoms with Gasteiger partial charge in [0.05, 0.1) is 0 Å². The second-order valence-electron chi connectivity index (χ2n) is 3.95. The van der Waals surface area contributed by atoms with Crippen LogP contribution >= 0.6 is 0 Å². The average Bonchev–Trinajstić information content (AvgIpc) is 2.83. The molecule has 2 aromatic heterocycles. The van der Waals surface area contributed by atoms with Crippen LogP contribution in [0.5, 0.6) is 0 Å². The fourth-order valence-corrected chi connectivity index (χ4v) is 1.83. The summed E-state index contributed by atoms with van der Waals surface area (Å²) in [5.74, 6) is -1.45. The number of fused-ring (bicyclic) bond motifs is 1. The van der Waals surface area contributed by atoms with Gasteiger partial charge in [-0.3, -0.25) is 0 Å². The Kier molecular flexibility index (Phi) is 2.31. The van der Waals surface area contributed by atoms with Crippen molar-refractivity contribution in [3.8, 4) is 11.4 Å². The highest BCUT2D eigenvalue weighted by Gasteiger charge is 2.22. The van der Waals surface area contributed by atoms with Gasteiger partial charge in [-0.25, -0.2) is 18.7 Å². The number of anilines is 2.